The van der Waals surface area contributed by atoms with Crippen LogP contribution in [0.3, 0.4) is 0 Å². The van der Waals surface area contributed by atoms with Gasteiger partial charge in [-0.2, -0.15) is 5.90 Å². The van der Waals surface area contributed by atoms with E-state index in [9.17, 15) is 4.79 Å². The van der Waals surface area contributed by atoms with Gasteiger partial charge in [0, 0.05) is 0 Å². The van der Waals surface area contributed by atoms with Crippen LogP contribution < -0.4 is 5.90 Å². The fourth-order valence-corrected chi connectivity index (χ4v) is 2.14. The van der Waals surface area contributed by atoms with Gasteiger partial charge in [0.1, 0.15) is 5.60 Å². The fraction of sp³-hybridized carbons (Fsp3) is 0.900. The van der Waals surface area contributed by atoms with E-state index in [0.29, 0.717) is 5.92 Å². The fourth-order valence-electron chi connectivity index (χ4n) is 2.14. The number of ether oxygens (including phenoxy) is 1. The molecule has 0 aromatic heterocycles. The van der Waals surface area contributed by atoms with Crippen LogP contribution >= 0.6 is 0 Å². The largest absolute Gasteiger partial charge is 0.528 e. The third-order valence-corrected chi connectivity index (χ3v) is 3.13. The van der Waals surface area contributed by atoms with Gasteiger partial charge >= 0.3 is 6.16 Å². The molecule has 0 amide bonds. The number of carbonyl (C=O) groups excluding carboxylic acids is 1. The Balaban J connectivity index is 2.65. The molecule has 0 bridgehead atoms. The summed E-state index contributed by atoms with van der Waals surface area (Å²) >= 11 is 0. The molecule has 82 valence electrons. The Morgan fingerprint density at radius 2 is 1.86 bits per heavy atom. The van der Waals surface area contributed by atoms with Crippen LogP contribution in [0.5, 0.6) is 0 Å². The van der Waals surface area contributed by atoms with Crippen molar-refractivity contribution in [1.29, 1.82) is 0 Å². The van der Waals surface area contributed by atoms with Crippen LogP contribution in [0.2, 0.25) is 0 Å². The molecule has 1 fully saturated rings. The monoisotopic (exact) mass is 201 g/mol. The first-order chi connectivity index (χ1) is 6.60. The molecule has 0 atom stereocenters. The Kier molecular flexibility index (Phi) is 3.75. The van der Waals surface area contributed by atoms with Crippen molar-refractivity contribution in [3.05, 3.63) is 0 Å². The lowest BCUT2D eigenvalue weighted by molar-refractivity contribution is -0.0816. The van der Waals surface area contributed by atoms with Gasteiger partial charge in [0.15, 0.2) is 0 Å². The second-order valence-electron chi connectivity index (χ2n) is 4.25. The lowest BCUT2D eigenvalue weighted by atomic mass is 9.77. The van der Waals surface area contributed by atoms with E-state index >= 15 is 0 Å². The normalized spacial score (nSPS) is 20.6. The number of carbonyl (C=O) groups is 1. The quantitative estimate of drug-likeness (QED) is 0.550. The molecule has 1 aliphatic carbocycles. The van der Waals surface area contributed by atoms with E-state index in [1.54, 1.807) is 0 Å². The van der Waals surface area contributed by atoms with Crippen LogP contribution in [0.25, 0.3) is 0 Å². The molecule has 0 aliphatic heterocycles. The van der Waals surface area contributed by atoms with E-state index in [4.69, 9.17) is 10.6 Å². The van der Waals surface area contributed by atoms with Gasteiger partial charge < -0.3 is 9.57 Å². The number of nitrogens with two attached hydrogens (primary N) is 1. The topological polar surface area (TPSA) is 61.5 Å². The van der Waals surface area contributed by atoms with Gasteiger partial charge in [-0.3, -0.25) is 0 Å². The third kappa shape index (κ3) is 2.38. The third-order valence-electron chi connectivity index (χ3n) is 3.13. The van der Waals surface area contributed by atoms with Gasteiger partial charge in [-0.1, -0.05) is 20.3 Å². The molecule has 14 heavy (non-hydrogen) atoms. The molecule has 0 heterocycles. The van der Waals surface area contributed by atoms with Crippen LogP contribution in [0.15, 0.2) is 0 Å². The zero-order valence-electron chi connectivity index (χ0n) is 8.91. The number of rotatable bonds is 2. The van der Waals surface area contributed by atoms with E-state index in [-0.39, 0.29) is 5.60 Å². The van der Waals surface area contributed by atoms with Crippen LogP contribution in [-0.2, 0) is 9.57 Å². The Bertz CT molecular complexity index is 198. The number of hydrogen-bond donors (Lipinski definition) is 1. The van der Waals surface area contributed by atoms with E-state index in [0.717, 1.165) is 25.7 Å². The first-order valence-electron chi connectivity index (χ1n) is 5.20. The van der Waals surface area contributed by atoms with Gasteiger partial charge in [-0.15, -0.1) is 0 Å². The smallest absolute Gasteiger partial charge is 0.426 e. The highest BCUT2D eigenvalue weighted by atomic mass is 16.8. The molecule has 1 rings (SSSR count). The summed E-state index contributed by atoms with van der Waals surface area (Å²) in [6.07, 6.45) is 4.50. The van der Waals surface area contributed by atoms with E-state index in [1.807, 2.05) is 0 Å². The van der Waals surface area contributed by atoms with Crippen LogP contribution in [0, 0.1) is 5.92 Å². The van der Waals surface area contributed by atoms with Crippen molar-refractivity contribution in [2.75, 3.05) is 0 Å². The molecule has 0 aromatic rings. The summed E-state index contributed by atoms with van der Waals surface area (Å²) in [5.41, 5.74) is -0.352. The van der Waals surface area contributed by atoms with Gasteiger partial charge in [0.25, 0.3) is 0 Å². The molecule has 0 radical (unpaired) electrons. The Hall–Kier alpha value is -0.770. The molecule has 0 aromatic carbocycles. The van der Waals surface area contributed by atoms with Crippen molar-refractivity contribution in [2.45, 2.75) is 51.6 Å². The van der Waals surface area contributed by atoms with Crippen LogP contribution in [0.1, 0.15) is 46.0 Å². The summed E-state index contributed by atoms with van der Waals surface area (Å²) in [7, 11) is 0. The second-order valence-corrected chi connectivity index (χ2v) is 4.25. The molecule has 0 saturated heterocycles. The molecule has 0 unspecified atom stereocenters. The average Bonchev–Trinajstić information content (AvgIpc) is 2.19. The maximum atomic E-state index is 11.0. The zero-order chi connectivity index (χ0) is 10.6. The zero-order valence-corrected chi connectivity index (χ0v) is 8.91. The lowest BCUT2D eigenvalue weighted by Gasteiger charge is -2.39. The predicted molar refractivity (Wildman–Crippen MR) is 52.4 cm³/mol. The maximum absolute atomic E-state index is 11.0. The first-order valence-corrected chi connectivity index (χ1v) is 5.20. The minimum absolute atomic E-state index is 0.307. The Morgan fingerprint density at radius 1 is 1.29 bits per heavy atom. The minimum Gasteiger partial charge on any atom is -0.426 e. The highest BCUT2D eigenvalue weighted by Gasteiger charge is 2.39. The second kappa shape index (κ2) is 4.64. The summed E-state index contributed by atoms with van der Waals surface area (Å²) in [6, 6.07) is 0. The van der Waals surface area contributed by atoms with Gasteiger partial charge in [0.05, 0.1) is 0 Å². The van der Waals surface area contributed by atoms with Gasteiger partial charge in [-0.05, 0) is 31.6 Å². The van der Waals surface area contributed by atoms with Gasteiger partial charge in [0.2, 0.25) is 0 Å². The highest BCUT2D eigenvalue weighted by molar-refractivity contribution is 5.60. The van der Waals surface area contributed by atoms with Crippen molar-refractivity contribution in [2.24, 2.45) is 11.8 Å². The molecule has 4 nitrogen and oxygen atoms in total. The summed E-state index contributed by atoms with van der Waals surface area (Å²) in [5.74, 6) is 5.08. The van der Waals surface area contributed by atoms with Crippen molar-refractivity contribution in [3.8, 4) is 0 Å². The summed E-state index contributed by atoms with van der Waals surface area (Å²) in [6.45, 7) is 4.13. The van der Waals surface area contributed by atoms with E-state index in [1.165, 1.54) is 6.42 Å². The first kappa shape index (κ1) is 11.3. The van der Waals surface area contributed by atoms with E-state index in [2.05, 4.69) is 18.7 Å². The predicted octanol–water partition coefficient (Wildman–Crippen LogP) is 2.37. The molecule has 1 saturated carbocycles. The molecule has 1 aliphatic rings. The summed E-state index contributed by atoms with van der Waals surface area (Å²) in [4.78, 5) is 15.1. The van der Waals surface area contributed by atoms with Crippen molar-refractivity contribution >= 4 is 6.16 Å². The van der Waals surface area contributed by atoms with Crippen molar-refractivity contribution in [3.63, 3.8) is 0 Å². The molecule has 2 N–H and O–H groups in total. The molecule has 0 spiro atoms. The molecular weight excluding hydrogens is 182 g/mol. The van der Waals surface area contributed by atoms with E-state index < -0.39 is 6.16 Å². The SMILES string of the molecule is CC(C)C1(OC(=O)ON)CCCCC1. The van der Waals surface area contributed by atoms with Crippen molar-refractivity contribution in [1.82, 2.24) is 0 Å². The lowest BCUT2D eigenvalue weighted by Crippen LogP contribution is -2.42. The van der Waals surface area contributed by atoms with Crippen molar-refractivity contribution < 1.29 is 14.4 Å². The maximum Gasteiger partial charge on any atom is 0.528 e. The summed E-state index contributed by atoms with van der Waals surface area (Å²) in [5, 5.41) is 0. The Morgan fingerprint density at radius 3 is 2.29 bits per heavy atom. The van der Waals surface area contributed by atoms with Crippen LogP contribution in [-0.4, -0.2) is 11.8 Å². The molecular formula is C10H19NO3. The molecule has 4 heteroatoms. The minimum atomic E-state index is -0.763. The number of hydrogen-bond acceptors (Lipinski definition) is 4. The van der Waals surface area contributed by atoms with Crippen LogP contribution in [0.4, 0.5) is 4.79 Å². The average molecular weight is 201 g/mol. The highest BCUT2D eigenvalue weighted by Crippen LogP contribution is 2.37. The van der Waals surface area contributed by atoms with Gasteiger partial charge in [-0.25, -0.2) is 4.79 Å². The standard InChI is InChI=1S/C10H19NO3/c1-8(2)10(13-9(12)14-11)6-4-3-5-7-10/h8H,3-7,11H2,1-2H3. The summed E-state index contributed by atoms with van der Waals surface area (Å²) < 4.78 is 5.30. The Labute approximate surface area is 84.7 Å².